The standard InChI is InChI=1S/C23H26N4O3/c1-14(2)21(23(29)25-13-17-6-5-9-24-12-17)26-22(28)19-11-20(30-27-19)18-10-15(3)7-8-16(18)4/h5-12,14,21H,13H2,1-4H3,(H,25,29)(H,26,28)/t21-/m0/s1. The highest BCUT2D eigenvalue weighted by Crippen LogP contribution is 2.25. The molecule has 156 valence electrons. The van der Waals surface area contributed by atoms with Crippen LogP contribution >= 0.6 is 0 Å². The van der Waals surface area contributed by atoms with Gasteiger partial charge in [-0.2, -0.15) is 0 Å². The van der Waals surface area contributed by atoms with Gasteiger partial charge in [0.1, 0.15) is 6.04 Å². The van der Waals surface area contributed by atoms with Crippen molar-refractivity contribution in [1.82, 2.24) is 20.8 Å². The Balaban J connectivity index is 1.69. The number of aromatic nitrogens is 2. The number of aryl methyl sites for hydroxylation is 2. The summed E-state index contributed by atoms with van der Waals surface area (Å²) in [6.07, 6.45) is 3.36. The lowest BCUT2D eigenvalue weighted by Gasteiger charge is -2.21. The molecular weight excluding hydrogens is 380 g/mol. The Morgan fingerprint density at radius 1 is 1.13 bits per heavy atom. The Morgan fingerprint density at radius 2 is 1.93 bits per heavy atom. The highest BCUT2D eigenvalue weighted by atomic mass is 16.5. The Morgan fingerprint density at radius 3 is 2.63 bits per heavy atom. The number of pyridine rings is 1. The summed E-state index contributed by atoms with van der Waals surface area (Å²) in [4.78, 5) is 29.4. The molecule has 2 aromatic heterocycles. The number of hydrogen-bond acceptors (Lipinski definition) is 5. The van der Waals surface area contributed by atoms with Crippen molar-refractivity contribution in [3.05, 3.63) is 71.2 Å². The molecule has 30 heavy (non-hydrogen) atoms. The van der Waals surface area contributed by atoms with Crippen molar-refractivity contribution >= 4 is 11.8 Å². The van der Waals surface area contributed by atoms with Crippen molar-refractivity contribution in [3.8, 4) is 11.3 Å². The molecule has 0 bridgehead atoms. The number of nitrogens with zero attached hydrogens (tertiary/aromatic N) is 2. The number of carbonyl (C=O) groups is 2. The van der Waals surface area contributed by atoms with E-state index in [0.29, 0.717) is 12.3 Å². The van der Waals surface area contributed by atoms with Crippen LogP contribution in [-0.4, -0.2) is 28.0 Å². The van der Waals surface area contributed by atoms with Crippen molar-refractivity contribution in [2.24, 2.45) is 5.92 Å². The number of amides is 2. The van der Waals surface area contributed by atoms with Crippen molar-refractivity contribution in [2.45, 2.75) is 40.3 Å². The van der Waals surface area contributed by atoms with E-state index in [9.17, 15) is 9.59 Å². The summed E-state index contributed by atoms with van der Waals surface area (Å²) >= 11 is 0. The smallest absolute Gasteiger partial charge is 0.274 e. The zero-order valence-corrected chi connectivity index (χ0v) is 17.6. The lowest BCUT2D eigenvalue weighted by molar-refractivity contribution is -0.124. The van der Waals surface area contributed by atoms with Gasteiger partial charge < -0.3 is 15.2 Å². The summed E-state index contributed by atoms with van der Waals surface area (Å²) < 4.78 is 5.40. The lowest BCUT2D eigenvalue weighted by Crippen LogP contribution is -2.49. The van der Waals surface area contributed by atoms with E-state index in [1.54, 1.807) is 24.5 Å². The topological polar surface area (TPSA) is 97.1 Å². The SMILES string of the molecule is Cc1ccc(C)c(-c2cc(C(=O)N[C@H](C(=O)NCc3cccnc3)C(C)C)no2)c1. The Hall–Kier alpha value is -3.48. The quantitative estimate of drug-likeness (QED) is 0.627. The highest BCUT2D eigenvalue weighted by Gasteiger charge is 2.26. The van der Waals surface area contributed by atoms with Gasteiger partial charge in [-0.15, -0.1) is 0 Å². The van der Waals surface area contributed by atoms with E-state index in [1.165, 1.54) is 0 Å². The van der Waals surface area contributed by atoms with Crippen molar-refractivity contribution < 1.29 is 14.1 Å². The van der Waals surface area contributed by atoms with Crippen LogP contribution in [0.2, 0.25) is 0 Å². The molecule has 0 spiro atoms. The predicted molar refractivity (Wildman–Crippen MR) is 114 cm³/mol. The van der Waals surface area contributed by atoms with Crippen molar-refractivity contribution in [2.75, 3.05) is 0 Å². The molecule has 2 N–H and O–H groups in total. The molecule has 0 saturated heterocycles. The van der Waals surface area contributed by atoms with E-state index in [-0.39, 0.29) is 17.5 Å². The normalized spacial score (nSPS) is 11.9. The molecule has 0 aliphatic heterocycles. The summed E-state index contributed by atoms with van der Waals surface area (Å²) in [5, 5.41) is 9.52. The van der Waals surface area contributed by atoms with Crippen LogP contribution in [0.25, 0.3) is 11.3 Å². The summed E-state index contributed by atoms with van der Waals surface area (Å²) in [5.74, 6) is -0.303. The monoisotopic (exact) mass is 406 g/mol. The zero-order chi connectivity index (χ0) is 21.7. The molecule has 0 radical (unpaired) electrons. The average Bonchev–Trinajstić information content (AvgIpc) is 3.22. The van der Waals surface area contributed by atoms with E-state index < -0.39 is 11.9 Å². The predicted octanol–water partition coefficient (Wildman–Crippen LogP) is 3.42. The Labute approximate surface area is 175 Å². The first-order valence-corrected chi connectivity index (χ1v) is 9.87. The zero-order valence-electron chi connectivity index (χ0n) is 17.6. The fraction of sp³-hybridized carbons (Fsp3) is 0.304. The molecule has 1 aromatic carbocycles. The van der Waals surface area contributed by atoms with Gasteiger partial charge in [0.25, 0.3) is 5.91 Å². The van der Waals surface area contributed by atoms with Gasteiger partial charge in [0.05, 0.1) is 0 Å². The molecule has 7 heteroatoms. The molecule has 3 rings (SSSR count). The number of benzene rings is 1. The molecule has 0 fully saturated rings. The van der Waals surface area contributed by atoms with Gasteiger partial charge in [-0.3, -0.25) is 14.6 Å². The molecule has 0 saturated carbocycles. The maximum absolute atomic E-state index is 12.7. The van der Waals surface area contributed by atoms with Crippen molar-refractivity contribution in [3.63, 3.8) is 0 Å². The van der Waals surface area contributed by atoms with E-state index in [4.69, 9.17) is 4.52 Å². The van der Waals surface area contributed by atoms with Crippen LogP contribution in [-0.2, 0) is 11.3 Å². The molecule has 3 aromatic rings. The Kier molecular flexibility index (Phi) is 6.61. The van der Waals surface area contributed by atoms with Crippen LogP contribution in [0.1, 0.15) is 41.0 Å². The van der Waals surface area contributed by atoms with Gasteiger partial charge in [0, 0.05) is 30.6 Å². The second-order valence-corrected chi connectivity index (χ2v) is 7.67. The second-order valence-electron chi connectivity index (χ2n) is 7.67. The third-order valence-corrected chi connectivity index (χ3v) is 4.83. The molecule has 0 aliphatic rings. The first-order chi connectivity index (χ1) is 14.3. The minimum atomic E-state index is -0.699. The molecule has 0 unspecified atom stereocenters. The van der Waals surface area contributed by atoms with Gasteiger partial charge in [0.15, 0.2) is 11.5 Å². The van der Waals surface area contributed by atoms with Crippen LogP contribution < -0.4 is 10.6 Å². The summed E-state index contributed by atoms with van der Waals surface area (Å²) in [6.45, 7) is 8.05. The molecular formula is C23H26N4O3. The van der Waals surface area contributed by atoms with Gasteiger partial charge in [-0.1, -0.05) is 42.8 Å². The highest BCUT2D eigenvalue weighted by molar-refractivity contribution is 5.96. The summed E-state index contributed by atoms with van der Waals surface area (Å²) in [7, 11) is 0. The fourth-order valence-corrected chi connectivity index (χ4v) is 3.06. The van der Waals surface area contributed by atoms with Gasteiger partial charge in [0.2, 0.25) is 5.91 Å². The van der Waals surface area contributed by atoms with Gasteiger partial charge in [-0.05, 0) is 43.0 Å². The van der Waals surface area contributed by atoms with Gasteiger partial charge in [-0.25, -0.2) is 0 Å². The molecule has 7 nitrogen and oxygen atoms in total. The van der Waals surface area contributed by atoms with Crippen LogP contribution in [0.5, 0.6) is 0 Å². The van der Waals surface area contributed by atoms with E-state index in [0.717, 1.165) is 22.3 Å². The number of nitrogens with one attached hydrogen (secondary N) is 2. The van der Waals surface area contributed by atoms with E-state index >= 15 is 0 Å². The summed E-state index contributed by atoms with van der Waals surface area (Å²) in [6, 6.07) is 10.6. The molecule has 1 atom stereocenters. The average molecular weight is 406 g/mol. The minimum absolute atomic E-state index is 0.103. The first-order valence-electron chi connectivity index (χ1n) is 9.87. The van der Waals surface area contributed by atoms with Crippen LogP contribution in [0, 0.1) is 19.8 Å². The third kappa shape index (κ3) is 5.11. The number of hydrogen-bond donors (Lipinski definition) is 2. The van der Waals surface area contributed by atoms with E-state index in [1.807, 2.05) is 52.0 Å². The fourth-order valence-electron chi connectivity index (χ4n) is 3.06. The Bertz CT molecular complexity index is 1030. The second kappa shape index (κ2) is 9.35. The van der Waals surface area contributed by atoms with Crippen LogP contribution in [0.4, 0.5) is 0 Å². The van der Waals surface area contributed by atoms with E-state index in [2.05, 4.69) is 20.8 Å². The van der Waals surface area contributed by atoms with Crippen LogP contribution in [0.3, 0.4) is 0 Å². The molecule has 0 aliphatic carbocycles. The third-order valence-electron chi connectivity index (χ3n) is 4.83. The number of rotatable bonds is 7. The van der Waals surface area contributed by atoms with Crippen LogP contribution in [0.15, 0.2) is 53.3 Å². The minimum Gasteiger partial charge on any atom is -0.355 e. The molecule has 2 heterocycles. The summed E-state index contributed by atoms with van der Waals surface area (Å²) in [5.41, 5.74) is 4.02. The maximum atomic E-state index is 12.7. The first kappa shape index (κ1) is 21.2. The van der Waals surface area contributed by atoms with Crippen molar-refractivity contribution in [1.29, 1.82) is 0 Å². The number of carbonyl (C=O) groups excluding carboxylic acids is 2. The maximum Gasteiger partial charge on any atom is 0.274 e. The molecule has 2 amide bonds. The largest absolute Gasteiger partial charge is 0.355 e. The van der Waals surface area contributed by atoms with Gasteiger partial charge >= 0.3 is 0 Å². The lowest BCUT2D eigenvalue weighted by atomic mass is 10.0.